The van der Waals surface area contributed by atoms with Gasteiger partial charge in [0.05, 0.1) is 5.60 Å². The Bertz CT molecular complexity index is 923. The van der Waals surface area contributed by atoms with Gasteiger partial charge in [-0.15, -0.1) is 0 Å². The highest BCUT2D eigenvalue weighted by molar-refractivity contribution is 5.49. The minimum absolute atomic E-state index is 0.127. The first-order valence-electron chi connectivity index (χ1n) is 14.1. The molecular weight excluding hydrogens is 416 g/mol. The van der Waals surface area contributed by atoms with Crippen LogP contribution in [0, 0.1) is 17.3 Å². The summed E-state index contributed by atoms with van der Waals surface area (Å²) in [7, 11) is 0. The van der Waals surface area contributed by atoms with E-state index in [1.165, 1.54) is 55.2 Å². The van der Waals surface area contributed by atoms with Crippen molar-refractivity contribution < 1.29 is 10.2 Å². The summed E-state index contributed by atoms with van der Waals surface area (Å²) in [6.07, 6.45) is 13.8. The average molecular weight is 467 g/mol. The Kier molecular flexibility index (Phi) is 7.06. The first kappa shape index (κ1) is 25.8. The van der Waals surface area contributed by atoms with Gasteiger partial charge in [0.2, 0.25) is 0 Å². The van der Waals surface area contributed by atoms with Crippen LogP contribution in [0.5, 0.6) is 5.75 Å². The summed E-state index contributed by atoms with van der Waals surface area (Å²) in [6.45, 7) is 16.2. The van der Waals surface area contributed by atoms with Gasteiger partial charge in [-0.25, -0.2) is 0 Å². The molecule has 34 heavy (non-hydrogen) atoms. The molecule has 0 bridgehead atoms. The number of aromatic hydroxyl groups is 1. The van der Waals surface area contributed by atoms with E-state index in [1.54, 1.807) is 0 Å². The molecule has 1 aromatic rings. The Morgan fingerprint density at radius 1 is 0.971 bits per heavy atom. The van der Waals surface area contributed by atoms with Crippen molar-refractivity contribution in [3.8, 4) is 5.75 Å². The molecule has 1 aromatic carbocycles. The van der Waals surface area contributed by atoms with E-state index < -0.39 is 5.60 Å². The van der Waals surface area contributed by atoms with Crippen molar-refractivity contribution in [1.82, 2.24) is 0 Å². The summed E-state index contributed by atoms with van der Waals surface area (Å²) in [6, 6.07) is 4.58. The Hall–Kier alpha value is -1.28. The normalized spacial score (nSPS) is 33.6. The van der Waals surface area contributed by atoms with E-state index in [0.717, 1.165) is 31.2 Å². The van der Waals surface area contributed by atoms with E-state index in [1.807, 2.05) is 0 Å². The van der Waals surface area contributed by atoms with Gasteiger partial charge in [-0.3, -0.25) is 0 Å². The summed E-state index contributed by atoms with van der Waals surface area (Å²) in [5.41, 5.74) is 5.52. The van der Waals surface area contributed by atoms with Gasteiger partial charge in [-0.2, -0.15) is 0 Å². The zero-order chi connectivity index (χ0) is 24.9. The number of hydrogen-bond donors (Lipinski definition) is 2. The Labute approximate surface area is 209 Å². The van der Waals surface area contributed by atoms with Gasteiger partial charge in [-0.05, 0) is 109 Å². The molecule has 2 heteroatoms. The van der Waals surface area contributed by atoms with Gasteiger partial charge in [-0.1, -0.05) is 79.0 Å². The molecule has 0 amide bonds. The molecule has 2 nitrogen and oxygen atoms in total. The number of phenols is 1. The maximum atomic E-state index is 11.1. The Morgan fingerprint density at radius 3 is 2.32 bits per heavy atom. The number of benzene rings is 1. The van der Waals surface area contributed by atoms with Crippen molar-refractivity contribution in [3.63, 3.8) is 0 Å². The zero-order valence-electron chi connectivity index (χ0n) is 23.0. The van der Waals surface area contributed by atoms with E-state index in [2.05, 4.69) is 66.7 Å². The molecule has 3 aliphatic rings. The Morgan fingerprint density at radius 2 is 1.71 bits per heavy atom. The molecule has 0 aliphatic heterocycles. The highest BCUT2D eigenvalue weighted by atomic mass is 16.3. The lowest BCUT2D eigenvalue weighted by atomic mass is 9.51. The minimum Gasteiger partial charge on any atom is -0.508 e. The number of fused-ring (bicyclic) bond motifs is 3. The van der Waals surface area contributed by atoms with Crippen LogP contribution in [-0.2, 0) is 5.41 Å². The monoisotopic (exact) mass is 466 g/mol. The molecule has 4 atom stereocenters. The lowest BCUT2D eigenvalue weighted by molar-refractivity contribution is -0.0145. The van der Waals surface area contributed by atoms with Crippen LogP contribution in [0.2, 0.25) is 0 Å². The summed E-state index contributed by atoms with van der Waals surface area (Å²) in [5.74, 6) is 2.28. The van der Waals surface area contributed by atoms with Crippen LogP contribution < -0.4 is 0 Å². The standard InChI is InChI=1S/C32H50O2/c1-21(2)25-19-26-24(18-23-12-16-32(34,17-13-23)22(3)4)10-8-11-29-30(5,6)14-9-15-31(29,7)27(26)20-28(25)33/h12,19-22,24,29,33-34H,8-11,13-18H2,1-7H3. The van der Waals surface area contributed by atoms with E-state index in [4.69, 9.17) is 0 Å². The topological polar surface area (TPSA) is 40.5 Å². The summed E-state index contributed by atoms with van der Waals surface area (Å²) >= 11 is 0. The third kappa shape index (κ3) is 4.61. The quantitative estimate of drug-likeness (QED) is 0.435. The summed E-state index contributed by atoms with van der Waals surface area (Å²) < 4.78 is 0. The third-order valence-corrected chi connectivity index (χ3v) is 10.4. The van der Waals surface area contributed by atoms with Gasteiger partial charge in [0.15, 0.2) is 0 Å². The first-order valence-corrected chi connectivity index (χ1v) is 14.1. The lowest BCUT2D eigenvalue weighted by Gasteiger charge is -2.53. The summed E-state index contributed by atoms with van der Waals surface area (Å²) in [4.78, 5) is 0. The fraction of sp³-hybridized carbons (Fsp3) is 0.750. The molecular formula is C32H50O2. The number of allylic oxidation sites excluding steroid dienone is 1. The predicted molar refractivity (Wildman–Crippen MR) is 144 cm³/mol. The lowest BCUT2D eigenvalue weighted by Crippen LogP contribution is -2.46. The van der Waals surface area contributed by atoms with Crippen LogP contribution in [0.25, 0.3) is 0 Å². The minimum atomic E-state index is -0.534. The second-order valence-corrected chi connectivity index (χ2v) is 13.6. The molecule has 4 rings (SSSR count). The number of aliphatic hydroxyl groups is 1. The molecule has 2 N–H and O–H groups in total. The van der Waals surface area contributed by atoms with E-state index in [-0.39, 0.29) is 5.41 Å². The van der Waals surface area contributed by atoms with Crippen LogP contribution in [0.4, 0.5) is 0 Å². The van der Waals surface area contributed by atoms with Crippen molar-refractivity contribution >= 4 is 0 Å². The van der Waals surface area contributed by atoms with Crippen molar-refractivity contribution in [2.24, 2.45) is 17.3 Å². The SMILES string of the molecule is CC(C)c1cc2c(cc1O)C1(C)CCCC(C)(C)C1CCCC2CC1=CCC(O)(C(C)C)CC1. The maximum absolute atomic E-state index is 11.1. The van der Waals surface area contributed by atoms with Crippen LogP contribution in [0.1, 0.15) is 141 Å². The first-order chi connectivity index (χ1) is 15.9. The molecule has 3 aliphatic carbocycles. The van der Waals surface area contributed by atoms with Crippen molar-refractivity contribution in [1.29, 1.82) is 0 Å². The van der Waals surface area contributed by atoms with Crippen LogP contribution in [0.3, 0.4) is 0 Å². The van der Waals surface area contributed by atoms with Crippen LogP contribution in [-0.4, -0.2) is 15.8 Å². The molecule has 0 aromatic heterocycles. The molecule has 190 valence electrons. The average Bonchev–Trinajstić information content (AvgIpc) is 2.75. The maximum Gasteiger partial charge on any atom is 0.119 e. The molecule has 1 saturated carbocycles. The zero-order valence-corrected chi connectivity index (χ0v) is 23.0. The van der Waals surface area contributed by atoms with Gasteiger partial charge >= 0.3 is 0 Å². The van der Waals surface area contributed by atoms with E-state index in [0.29, 0.717) is 34.8 Å². The smallest absolute Gasteiger partial charge is 0.119 e. The molecule has 0 saturated heterocycles. The van der Waals surface area contributed by atoms with Gasteiger partial charge in [0.25, 0.3) is 0 Å². The molecule has 0 spiro atoms. The van der Waals surface area contributed by atoms with Gasteiger partial charge in [0.1, 0.15) is 5.75 Å². The number of rotatable bonds is 4. The highest BCUT2D eigenvalue weighted by Gasteiger charge is 2.49. The van der Waals surface area contributed by atoms with Crippen LogP contribution >= 0.6 is 0 Å². The van der Waals surface area contributed by atoms with Crippen molar-refractivity contribution in [3.05, 3.63) is 40.5 Å². The highest BCUT2D eigenvalue weighted by Crippen LogP contribution is 2.58. The third-order valence-electron chi connectivity index (χ3n) is 10.4. The fourth-order valence-corrected chi connectivity index (χ4v) is 7.94. The van der Waals surface area contributed by atoms with Crippen molar-refractivity contribution in [2.75, 3.05) is 0 Å². The van der Waals surface area contributed by atoms with Gasteiger partial charge < -0.3 is 10.2 Å². The molecule has 0 heterocycles. The Balaban J connectivity index is 1.76. The summed E-state index contributed by atoms with van der Waals surface area (Å²) in [5, 5.41) is 22.1. The molecule has 4 unspecified atom stereocenters. The largest absolute Gasteiger partial charge is 0.508 e. The van der Waals surface area contributed by atoms with Crippen molar-refractivity contribution in [2.45, 2.75) is 136 Å². The number of phenolic OH excluding ortho intramolecular Hbond substituents is 1. The van der Waals surface area contributed by atoms with Gasteiger partial charge in [0, 0.05) is 0 Å². The van der Waals surface area contributed by atoms with Crippen LogP contribution in [0.15, 0.2) is 23.8 Å². The van der Waals surface area contributed by atoms with E-state index >= 15 is 0 Å². The predicted octanol–water partition coefficient (Wildman–Crippen LogP) is 8.75. The molecule has 0 radical (unpaired) electrons. The second-order valence-electron chi connectivity index (χ2n) is 13.6. The number of hydrogen-bond acceptors (Lipinski definition) is 2. The molecule has 1 fully saturated rings. The van der Waals surface area contributed by atoms with E-state index in [9.17, 15) is 10.2 Å². The fourth-order valence-electron chi connectivity index (χ4n) is 7.94. The second kappa shape index (κ2) is 9.30.